The van der Waals surface area contributed by atoms with Crippen LogP contribution in [-0.4, -0.2) is 87.2 Å². The topological polar surface area (TPSA) is 39.0 Å². The van der Waals surface area contributed by atoms with E-state index in [0.29, 0.717) is 18.5 Å². The molecule has 2 aliphatic heterocycles. The maximum atomic E-state index is 14.5. The van der Waals surface area contributed by atoms with Crippen LogP contribution < -0.4 is 10.6 Å². The molecule has 2 aromatic rings. The van der Waals surface area contributed by atoms with Gasteiger partial charge in [-0.2, -0.15) is 0 Å². The van der Waals surface area contributed by atoms with Crippen LogP contribution >= 0.6 is 0 Å². The summed E-state index contributed by atoms with van der Waals surface area (Å²) in [5.41, 5.74) is 10.2. The van der Waals surface area contributed by atoms with Gasteiger partial charge in [-0.25, -0.2) is 4.39 Å². The zero-order chi connectivity index (χ0) is 26.9. The van der Waals surface area contributed by atoms with Crippen molar-refractivity contribution >= 4 is 5.69 Å². The van der Waals surface area contributed by atoms with Gasteiger partial charge in [0.25, 0.3) is 0 Å². The first-order valence-corrected chi connectivity index (χ1v) is 14.9. The Balaban J connectivity index is 1.27. The zero-order valence-corrected chi connectivity index (χ0v) is 24.0. The predicted octanol–water partition coefficient (Wildman–Crippen LogP) is 5.09. The van der Waals surface area contributed by atoms with Crippen LogP contribution in [0.4, 0.5) is 10.1 Å². The highest BCUT2D eigenvalue weighted by Crippen LogP contribution is 2.33. The van der Waals surface area contributed by atoms with Crippen LogP contribution in [-0.2, 0) is 6.54 Å². The average molecular weight is 524 g/mol. The third-order valence-electron chi connectivity index (χ3n) is 8.75. The Kier molecular flexibility index (Phi) is 11.0. The van der Waals surface area contributed by atoms with E-state index in [4.69, 9.17) is 5.73 Å². The van der Waals surface area contributed by atoms with E-state index in [0.717, 1.165) is 56.9 Å². The Morgan fingerprint density at radius 2 is 1.53 bits per heavy atom. The van der Waals surface area contributed by atoms with E-state index < -0.39 is 0 Å². The van der Waals surface area contributed by atoms with E-state index in [1.807, 2.05) is 13.0 Å². The van der Waals surface area contributed by atoms with E-state index in [2.05, 4.69) is 58.0 Å². The molecule has 210 valence electrons. The summed E-state index contributed by atoms with van der Waals surface area (Å²) >= 11 is 0. The number of aryl methyl sites for hydroxylation is 1. The lowest BCUT2D eigenvalue weighted by atomic mass is 9.93. The van der Waals surface area contributed by atoms with Gasteiger partial charge in [0.05, 0.1) is 0 Å². The number of anilines is 1. The summed E-state index contributed by atoms with van der Waals surface area (Å²) in [6.45, 7) is 11.2. The molecule has 0 bridgehead atoms. The fourth-order valence-corrected chi connectivity index (χ4v) is 6.29. The number of likely N-dealkylation sites (N-methyl/N-ethyl adjacent to an activating group) is 1. The summed E-state index contributed by atoms with van der Waals surface area (Å²) < 4.78 is 14.5. The minimum absolute atomic E-state index is 0.0855. The number of nitrogens with two attached hydrogens (primary N) is 1. The van der Waals surface area contributed by atoms with Crippen molar-refractivity contribution in [1.82, 2.24) is 14.7 Å². The molecule has 2 saturated heterocycles. The molecular weight excluding hydrogens is 473 g/mol. The minimum Gasteiger partial charge on any atom is -0.369 e. The van der Waals surface area contributed by atoms with Gasteiger partial charge in [-0.3, -0.25) is 9.80 Å². The highest BCUT2D eigenvalue weighted by atomic mass is 19.1. The van der Waals surface area contributed by atoms with Crippen LogP contribution in [0.3, 0.4) is 0 Å². The normalized spacial score (nSPS) is 21.1. The minimum atomic E-state index is -0.0855. The molecule has 0 spiro atoms. The molecule has 2 fully saturated rings. The fraction of sp³-hybridized carbons (Fsp3) is 0.625. The summed E-state index contributed by atoms with van der Waals surface area (Å²) in [6.07, 6.45) is 7.81. The van der Waals surface area contributed by atoms with Gasteiger partial charge in [-0.15, -0.1) is 0 Å². The van der Waals surface area contributed by atoms with Crippen LogP contribution in [0.2, 0.25) is 0 Å². The van der Waals surface area contributed by atoms with E-state index in [9.17, 15) is 4.39 Å². The van der Waals surface area contributed by atoms with Crippen molar-refractivity contribution < 1.29 is 4.39 Å². The molecule has 5 nitrogen and oxygen atoms in total. The molecule has 2 atom stereocenters. The second-order valence-electron chi connectivity index (χ2n) is 11.7. The molecule has 0 amide bonds. The summed E-state index contributed by atoms with van der Waals surface area (Å²) in [4.78, 5) is 9.94. The van der Waals surface area contributed by atoms with Gasteiger partial charge in [-0.1, -0.05) is 49.9 Å². The number of hydrogen-bond donors (Lipinski definition) is 1. The van der Waals surface area contributed by atoms with Crippen molar-refractivity contribution in [1.29, 1.82) is 0 Å². The Labute approximate surface area is 230 Å². The predicted molar refractivity (Wildman–Crippen MR) is 158 cm³/mol. The Bertz CT molecular complexity index is 950. The second-order valence-corrected chi connectivity index (χ2v) is 11.7. The number of nitrogens with zero attached hydrogens (tertiary/aromatic N) is 4. The van der Waals surface area contributed by atoms with Gasteiger partial charge >= 0.3 is 0 Å². The monoisotopic (exact) mass is 523 g/mol. The van der Waals surface area contributed by atoms with Crippen molar-refractivity contribution in [2.24, 2.45) is 5.73 Å². The zero-order valence-electron chi connectivity index (χ0n) is 24.0. The summed E-state index contributed by atoms with van der Waals surface area (Å²) in [6, 6.07) is 15.2. The molecule has 0 saturated carbocycles. The molecule has 2 N–H and O–H groups in total. The van der Waals surface area contributed by atoms with Crippen molar-refractivity contribution in [2.45, 2.75) is 64.0 Å². The highest BCUT2D eigenvalue weighted by molar-refractivity contribution is 5.49. The summed E-state index contributed by atoms with van der Waals surface area (Å²) in [5, 5.41) is 0. The summed E-state index contributed by atoms with van der Waals surface area (Å²) in [7, 11) is 4.34. The first-order chi connectivity index (χ1) is 18.5. The number of halogens is 1. The van der Waals surface area contributed by atoms with E-state index in [1.54, 1.807) is 12.1 Å². The SMILES string of the molecule is Cc1cccc(F)c1CN1C[C@H](c2ccc(N3CCN(CCCCCCCCN)CC3)cc2)[C@@H](N(C)C)C1. The van der Waals surface area contributed by atoms with Crippen molar-refractivity contribution in [3.05, 3.63) is 65.0 Å². The van der Waals surface area contributed by atoms with Gasteiger partial charge in [0.2, 0.25) is 0 Å². The quantitative estimate of drug-likeness (QED) is 0.371. The lowest BCUT2D eigenvalue weighted by molar-refractivity contribution is 0.252. The molecule has 2 aromatic carbocycles. The molecule has 2 aliphatic rings. The molecule has 0 unspecified atom stereocenters. The smallest absolute Gasteiger partial charge is 0.127 e. The highest BCUT2D eigenvalue weighted by Gasteiger charge is 2.35. The third kappa shape index (κ3) is 7.78. The van der Waals surface area contributed by atoms with Gasteiger partial charge in [0.1, 0.15) is 5.82 Å². The first kappa shape index (κ1) is 29.0. The molecule has 0 aliphatic carbocycles. The number of benzene rings is 2. The number of piperazine rings is 1. The number of likely N-dealkylation sites (tertiary alicyclic amines) is 1. The van der Waals surface area contributed by atoms with Crippen molar-refractivity contribution in [2.75, 3.05) is 71.4 Å². The molecule has 4 rings (SSSR count). The maximum Gasteiger partial charge on any atom is 0.127 e. The van der Waals surface area contributed by atoms with E-state index >= 15 is 0 Å². The Morgan fingerprint density at radius 1 is 0.842 bits per heavy atom. The van der Waals surface area contributed by atoms with Crippen LogP contribution in [0, 0.1) is 12.7 Å². The molecule has 0 aromatic heterocycles. The summed E-state index contributed by atoms with van der Waals surface area (Å²) in [5.74, 6) is 0.343. The van der Waals surface area contributed by atoms with Crippen molar-refractivity contribution in [3.63, 3.8) is 0 Å². The molecular formula is C32H50FN5. The van der Waals surface area contributed by atoms with Crippen LogP contribution in [0.15, 0.2) is 42.5 Å². The van der Waals surface area contributed by atoms with Crippen LogP contribution in [0.5, 0.6) is 0 Å². The van der Waals surface area contributed by atoms with Crippen LogP contribution in [0.25, 0.3) is 0 Å². The van der Waals surface area contributed by atoms with Gasteiger partial charge < -0.3 is 15.5 Å². The van der Waals surface area contributed by atoms with E-state index in [1.165, 1.54) is 56.3 Å². The Hall–Kier alpha value is -1.99. The van der Waals surface area contributed by atoms with Crippen molar-refractivity contribution in [3.8, 4) is 0 Å². The molecule has 2 heterocycles. The number of rotatable bonds is 13. The standard InChI is InChI=1S/C32H50FN5/c1-26-11-10-12-31(33)29(26)23-37-24-30(32(25-37)35(2)3)27-13-15-28(16-14-27)38-21-19-36(20-22-38)18-9-7-5-4-6-8-17-34/h10-16,30,32H,4-9,17-25,34H2,1-3H3/t30-,32+/m1/s1. The Morgan fingerprint density at radius 3 is 2.18 bits per heavy atom. The third-order valence-corrected chi connectivity index (χ3v) is 8.75. The lowest BCUT2D eigenvalue weighted by Gasteiger charge is -2.36. The average Bonchev–Trinajstić information content (AvgIpc) is 3.35. The number of hydrogen-bond acceptors (Lipinski definition) is 5. The van der Waals surface area contributed by atoms with Gasteiger partial charge in [-0.05, 0) is 76.3 Å². The van der Waals surface area contributed by atoms with Gasteiger partial charge in [0, 0.05) is 69.0 Å². The largest absolute Gasteiger partial charge is 0.369 e. The second kappa shape index (κ2) is 14.4. The van der Waals surface area contributed by atoms with Gasteiger partial charge in [0.15, 0.2) is 0 Å². The van der Waals surface area contributed by atoms with Crippen LogP contribution in [0.1, 0.15) is 61.1 Å². The first-order valence-electron chi connectivity index (χ1n) is 14.9. The molecule has 38 heavy (non-hydrogen) atoms. The number of unbranched alkanes of at least 4 members (excludes halogenated alkanes) is 5. The maximum absolute atomic E-state index is 14.5. The fourth-order valence-electron chi connectivity index (χ4n) is 6.29. The lowest BCUT2D eigenvalue weighted by Crippen LogP contribution is -2.46. The van der Waals surface area contributed by atoms with E-state index in [-0.39, 0.29) is 5.82 Å². The molecule has 6 heteroatoms. The molecule has 0 radical (unpaired) electrons.